The van der Waals surface area contributed by atoms with Gasteiger partial charge in [0.15, 0.2) is 5.82 Å². The van der Waals surface area contributed by atoms with Gasteiger partial charge in [-0.25, -0.2) is 19.0 Å². The first-order valence-corrected chi connectivity index (χ1v) is 8.29. The molecule has 1 aromatic carbocycles. The lowest BCUT2D eigenvalue weighted by Gasteiger charge is -2.08. The van der Waals surface area contributed by atoms with E-state index in [0.717, 1.165) is 10.3 Å². The molecule has 8 heteroatoms. The third-order valence-corrected chi connectivity index (χ3v) is 4.77. The van der Waals surface area contributed by atoms with Crippen LogP contribution in [-0.2, 0) is 6.54 Å². The number of benzene rings is 1. The molecule has 0 radical (unpaired) electrons. The molecule has 124 valence electrons. The molecule has 0 saturated heterocycles. The van der Waals surface area contributed by atoms with Crippen molar-refractivity contribution in [3.63, 3.8) is 0 Å². The van der Waals surface area contributed by atoms with E-state index in [1.807, 2.05) is 6.07 Å². The van der Waals surface area contributed by atoms with Gasteiger partial charge in [0.1, 0.15) is 18.5 Å². The van der Waals surface area contributed by atoms with Gasteiger partial charge in [-0.15, -0.1) is 11.3 Å². The molecule has 1 amide bonds. The van der Waals surface area contributed by atoms with Crippen molar-refractivity contribution in [2.24, 2.45) is 0 Å². The third kappa shape index (κ3) is 2.99. The second-order valence-corrected chi connectivity index (χ2v) is 6.35. The molecule has 1 N–H and O–H groups in total. The Balaban J connectivity index is 1.55. The quantitative estimate of drug-likeness (QED) is 0.612. The fourth-order valence-electron chi connectivity index (χ4n) is 2.49. The largest absolute Gasteiger partial charge is 0.347 e. The summed E-state index contributed by atoms with van der Waals surface area (Å²) in [5, 5.41) is 7.37. The summed E-state index contributed by atoms with van der Waals surface area (Å²) >= 11 is 1.26. The van der Waals surface area contributed by atoms with Crippen molar-refractivity contribution >= 4 is 27.3 Å². The van der Waals surface area contributed by atoms with Crippen molar-refractivity contribution in [2.75, 3.05) is 0 Å². The smallest absolute Gasteiger partial charge is 0.261 e. The summed E-state index contributed by atoms with van der Waals surface area (Å²) < 4.78 is 16.1. The van der Waals surface area contributed by atoms with Crippen molar-refractivity contribution in [3.8, 4) is 5.82 Å². The first-order valence-electron chi connectivity index (χ1n) is 7.47. The van der Waals surface area contributed by atoms with Crippen LogP contribution in [0.25, 0.3) is 15.9 Å². The highest BCUT2D eigenvalue weighted by atomic mass is 32.1. The van der Waals surface area contributed by atoms with E-state index in [-0.39, 0.29) is 18.3 Å². The van der Waals surface area contributed by atoms with Crippen LogP contribution in [0.2, 0.25) is 0 Å². The molecule has 6 nitrogen and oxygen atoms in total. The topological polar surface area (TPSA) is 72.7 Å². The number of halogens is 1. The molecular formula is C17H12FN5OS. The zero-order valence-corrected chi connectivity index (χ0v) is 13.7. The Morgan fingerprint density at radius 1 is 1.28 bits per heavy atom. The van der Waals surface area contributed by atoms with Gasteiger partial charge in [0, 0.05) is 28.4 Å². The molecule has 0 bridgehead atoms. The highest BCUT2D eigenvalue weighted by Crippen LogP contribution is 2.27. The molecule has 4 aromatic rings. The van der Waals surface area contributed by atoms with Crippen LogP contribution in [0, 0.1) is 5.82 Å². The Labute approximate surface area is 146 Å². The fraction of sp³-hybridized carbons (Fsp3) is 0.0588. The average Bonchev–Trinajstić information content (AvgIpc) is 3.30. The van der Waals surface area contributed by atoms with Crippen LogP contribution in [-0.4, -0.2) is 25.7 Å². The lowest BCUT2D eigenvalue weighted by atomic mass is 10.2. The SMILES string of the molecule is O=C(NCc1cccnc1-n1cncn1)c1cc2c(F)cccc2s1. The number of pyridine rings is 1. The van der Waals surface area contributed by atoms with Crippen LogP contribution < -0.4 is 5.32 Å². The highest BCUT2D eigenvalue weighted by Gasteiger charge is 2.13. The molecule has 0 saturated carbocycles. The van der Waals surface area contributed by atoms with Gasteiger partial charge in [-0.3, -0.25) is 4.79 Å². The molecule has 0 aliphatic heterocycles. The van der Waals surface area contributed by atoms with E-state index in [0.29, 0.717) is 16.1 Å². The summed E-state index contributed by atoms with van der Waals surface area (Å²) in [4.78, 5) is 21.1. The molecule has 0 fully saturated rings. The van der Waals surface area contributed by atoms with Gasteiger partial charge in [0.25, 0.3) is 5.91 Å². The van der Waals surface area contributed by atoms with Gasteiger partial charge in [-0.05, 0) is 24.3 Å². The summed E-state index contributed by atoms with van der Waals surface area (Å²) in [5.74, 6) is 0.0187. The average molecular weight is 353 g/mol. The van der Waals surface area contributed by atoms with Gasteiger partial charge in [-0.1, -0.05) is 12.1 Å². The number of nitrogens with one attached hydrogen (secondary N) is 1. The fourth-order valence-corrected chi connectivity index (χ4v) is 3.48. The predicted octanol–water partition coefficient (Wildman–Crippen LogP) is 2.95. The van der Waals surface area contributed by atoms with Crippen LogP contribution in [0.4, 0.5) is 4.39 Å². The summed E-state index contributed by atoms with van der Waals surface area (Å²) in [6, 6.07) is 10.0. The van der Waals surface area contributed by atoms with Crippen LogP contribution in [0.5, 0.6) is 0 Å². The summed E-state index contributed by atoms with van der Waals surface area (Å²) in [5.41, 5.74) is 0.800. The maximum atomic E-state index is 13.8. The second-order valence-electron chi connectivity index (χ2n) is 5.27. The van der Waals surface area contributed by atoms with Crippen LogP contribution >= 0.6 is 11.3 Å². The molecule has 0 spiro atoms. The number of nitrogens with zero attached hydrogens (tertiary/aromatic N) is 4. The van der Waals surface area contributed by atoms with Crippen LogP contribution in [0.3, 0.4) is 0 Å². The first-order chi connectivity index (χ1) is 12.2. The van der Waals surface area contributed by atoms with Gasteiger partial charge < -0.3 is 5.32 Å². The lowest BCUT2D eigenvalue weighted by Crippen LogP contribution is -2.23. The number of thiophene rings is 1. The van der Waals surface area contributed by atoms with Gasteiger partial charge in [0.2, 0.25) is 0 Å². The Morgan fingerprint density at radius 3 is 3.00 bits per heavy atom. The van der Waals surface area contributed by atoms with Gasteiger partial charge in [0.05, 0.1) is 4.88 Å². The molecule has 3 aromatic heterocycles. The van der Waals surface area contributed by atoms with E-state index in [1.54, 1.807) is 36.8 Å². The second kappa shape index (κ2) is 6.40. The van der Waals surface area contributed by atoms with E-state index in [9.17, 15) is 9.18 Å². The number of carbonyl (C=O) groups excluding carboxylic acids is 1. The number of rotatable bonds is 4. The predicted molar refractivity (Wildman–Crippen MR) is 92.1 cm³/mol. The molecule has 3 heterocycles. The van der Waals surface area contributed by atoms with E-state index in [1.165, 1.54) is 28.4 Å². The molecule has 4 rings (SSSR count). The van der Waals surface area contributed by atoms with Gasteiger partial charge >= 0.3 is 0 Å². The monoisotopic (exact) mass is 353 g/mol. The van der Waals surface area contributed by atoms with Gasteiger partial charge in [-0.2, -0.15) is 5.10 Å². The Hall–Kier alpha value is -3.13. The number of aromatic nitrogens is 4. The Morgan fingerprint density at radius 2 is 2.20 bits per heavy atom. The Kier molecular flexibility index (Phi) is 3.95. The van der Waals surface area contributed by atoms with Crippen molar-refractivity contribution < 1.29 is 9.18 Å². The highest BCUT2D eigenvalue weighted by molar-refractivity contribution is 7.20. The summed E-state index contributed by atoms with van der Waals surface area (Å²) in [7, 11) is 0. The Bertz CT molecular complexity index is 1040. The number of amides is 1. The molecule has 0 atom stereocenters. The number of carbonyl (C=O) groups is 1. The lowest BCUT2D eigenvalue weighted by molar-refractivity contribution is 0.0955. The van der Waals surface area contributed by atoms with Crippen molar-refractivity contribution in [1.29, 1.82) is 0 Å². The number of hydrogen-bond acceptors (Lipinski definition) is 5. The summed E-state index contributed by atoms with van der Waals surface area (Å²) in [6.07, 6.45) is 4.61. The molecule has 0 aliphatic rings. The van der Waals surface area contributed by atoms with E-state index in [4.69, 9.17) is 0 Å². The summed E-state index contributed by atoms with van der Waals surface area (Å²) in [6.45, 7) is 0.276. The zero-order valence-electron chi connectivity index (χ0n) is 12.9. The van der Waals surface area contributed by atoms with Crippen molar-refractivity contribution in [3.05, 3.63) is 71.5 Å². The molecule has 0 unspecified atom stereocenters. The zero-order chi connectivity index (χ0) is 17.2. The first kappa shape index (κ1) is 15.4. The number of fused-ring (bicyclic) bond motifs is 1. The molecule has 25 heavy (non-hydrogen) atoms. The van der Waals surface area contributed by atoms with Crippen molar-refractivity contribution in [1.82, 2.24) is 25.1 Å². The van der Waals surface area contributed by atoms with E-state index in [2.05, 4.69) is 20.4 Å². The maximum Gasteiger partial charge on any atom is 0.261 e. The van der Waals surface area contributed by atoms with Crippen LogP contribution in [0.15, 0.2) is 55.2 Å². The van der Waals surface area contributed by atoms with Crippen LogP contribution in [0.1, 0.15) is 15.2 Å². The third-order valence-electron chi connectivity index (χ3n) is 3.67. The normalized spacial score (nSPS) is 10.9. The molecular weight excluding hydrogens is 341 g/mol. The maximum absolute atomic E-state index is 13.8. The van der Waals surface area contributed by atoms with E-state index < -0.39 is 0 Å². The number of hydrogen-bond donors (Lipinski definition) is 1. The van der Waals surface area contributed by atoms with Crippen molar-refractivity contribution in [2.45, 2.75) is 6.54 Å². The standard InChI is InChI=1S/C17H12FN5OS/c18-13-4-1-5-14-12(13)7-15(25-14)17(24)21-8-11-3-2-6-20-16(11)23-10-19-9-22-23/h1-7,9-10H,8H2,(H,21,24). The minimum absolute atomic E-state index is 0.256. The van der Waals surface area contributed by atoms with E-state index >= 15 is 0 Å². The molecule has 0 aliphatic carbocycles. The minimum atomic E-state index is -0.325. The minimum Gasteiger partial charge on any atom is -0.347 e.